The van der Waals surface area contributed by atoms with Crippen LogP contribution >= 0.6 is 0 Å². The number of carbonyl (C=O) groups excluding carboxylic acids is 1. The number of nitrogens with one attached hydrogen (secondary N) is 1. The molecule has 1 aromatic heterocycles. The Hall–Kier alpha value is -1.82. The molecule has 1 aromatic rings. The smallest absolute Gasteiger partial charge is 0.326 e. The molecule has 0 aliphatic carbocycles. The summed E-state index contributed by atoms with van der Waals surface area (Å²) in [5.74, 6) is -1.56. The molecule has 0 aliphatic heterocycles. The Morgan fingerprint density at radius 2 is 2.38 bits per heavy atom. The van der Waals surface area contributed by atoms with Crippen molar-refractivity contribution in [2.75, 3.05) is 13.7 Å². The van der Waals surface area contributed by atoms with Crippen LogP contribution in [0, 0.1) is 0 Å². The lowest BCUT2D eigenvalue weighted by atomic mass is 10.2. The van der Waals surface area contributed by atoms with Crippen molar-refractivity contribution < 1.29 is 23.8 Å². The number of hydrogen-bond acceptors (Lipinski definition) is 4. The number of carboxylic acid groups (broad SMARTS) is 1. The second-order valence-electron chi connectivity index (χ2n) is 3.12. The van der Waals surface area contributed by atoms with Gasteiger partial charge < -0.3 is 19.6 Å². The molecule has 0 spiro atoms. The summed E-state index contributed by atoms with van der Waals surface area (Å²) < 4.78 is 9.60. The van der Waals surface area contributed by atoms with Gasteiger partial charge in [0.2, 0.25) is 0 Å². The molecule has 0 radical (unpaired) electrons. The normalized spacial score (nSPS) is 12.1. The highest BCUT2D eigenvalue weighted by Crippen LogP contribution is 2.01. The van der Waals surface area contributed by atoms with Crippen LogP contribution in [0.15, 0.2) is 22.8 Å². The van der Waals surface area contributed by atoms with E-state index in [1.807, 2.05) is 0 Å². The van der Waals surface area contributed by atoms with Crippen LogP contribution in [-0.2, 0) is 9.53 Å². The number of carbonyl (C=O) groups is 2. The molecule has 0 aromatic carbocycles. The van der Waals surface area contributed by atoms with Gasteiger partial charge in [0.1, 0.15) is 6.04 Å². The van der Waals surface area contributed by atoms with Gasteiger partial charge >= 0.3 is 5.97 Å². The van der Waals surface area contributed by atoms with Gasteiger partial charge in [-0.25, -0.2) is 4.79 Å². The zero-order valence-electron chi connectivity index (χ0n) is 8.80. The molecule has 1 rings (SSSR count). The van der Waals surface area contributed by atoms with Crippen molar-refractivity contribution >= 4 is 11.9 Å². The zero-order chi connectivity index (χ0) is 12.0. The first-order valence-corrected chi connectivity index (χ1v) is 4.71. The summed E-state index contributed by atoms with van der Waals surface area (Å²) in [5.41, 5.74) is 0. The van der Waals surface area contributed by atoms with Crippen LogP contribution in [0.25, 0.3) is 0 Å². The molecule has 0 bridgehead atoms. The third-order valence-electron chi connectivity index (χ3n) is 1.96. The molecule has 0 fully saturated rings. The molecule has 16 heavy (non-hydrogen) atoms. The molecule has 1 unspecified atom stereocenters. The van der Waals surface area contributed by atoms with Gasteiger partial charge in [-0.3, -0.25) is 4.79 Å². The molecule has 2 N–H and O–H groups in total. The Labute approximate surface area is 92.2 Å². The summed E-state index contributed by atoms with van der Waals surface area (Å²) in [7, 11) is 1.47. The first-order valence-electron chi connectivity index (χ1n) is 4.71. The van der Waals surface area contributed by atoms with Gasteiger partial charge in [-0.15, -0.1) is 0 Å². The summed E-state index contributed by atoms with van der Waals surface area (Å²) in [6, 6.07) is 2.04. The maximum atomic E-state index is 11.5. The predicted octanol–water partition coefficient (Wildman–Crippen LogP) is 0.499. The minimum absolute atomic E-state index is 0.0867. The Balaban J connectivity index is 2.54. The highest BCUT2D eigenvalue weighted by molar-refractivity contribution is 5.94. The van der Waals surface area contributed by atoms with Gasteiger partial charge in [0.25, 0.3) is 5.91 Å². The first kappa shape index (κ1) is 12.3. The molecule has 6 heteroatoms. The van der Waals surface area contributed by atoms with Crippen molar-refractivity contribution in [2.45, 2.75) is 12.5 Å². The van der Waals surface area contributed by atoms with Gasteiger partial charge in [0, 0.05) is 20.1 Å². The fourth-order valence-electron chi connectivity index (χ4n) is 1.13. The van der Waals surface area contributed by atoms with Crippen LogP contribution in [0.5, 0.6) is 0 Å². The fraction of sp³-hybridized carbons (Fsp3) is 0.400. The minimum atomic E-state index is -1.10. The number of carboxylic acids is 1. The van der Waals surface area contributed by atoms with Gasteiger partial charge in [0.15, 0.2) is 5.76 Å². The van der Waals surface area contributed by atoms with Crippen molar-refractivity contribution in [1.82, 2.24) is 5.32 Å². The second kappa shape index (κ2) is 5.92. The third-order valence-corrected chi connectivity index (χ3v) is 1.96. The van der Waals surface area contributed by atoms with E-state index in [0.717, 1.165) is 0 Å². The topological polar surface area (TPSA) is 88.8 Å². The SMILES string of the molecule is COCCC(NC(=O)c1ccco1)C(=O)O. The van der Waals surface area contributed by atoms with Crippen molar-refractivity contribution in [3.63, 3.8) is 0 Å². The van der Waals surface area contributed by atoms with Crippen molar-refractivity contribution in [3.05, 3.63) is 24.2 Å². The lowest BCUT2D eigenvalue weighted by Gasteiger charge is -2.12. The van der Waals surface area contributed by atoms with Gasteiger partial charge in [-0.2, -0.15) is 0 Å². The minimum Gasteiger partial charge on any atom is -0.480 e. The Kier molecular flexibility index (Phi) is 4.53. The first-order chi connectivity index (χ1) is 7.65. The standard InChI is InChI=1S/C10H13NO5/c1-15-6-4-7(10(13)14)11-9(12)8-3-2-5-16-8/h2-3,5,7H,4,6H2,1H3,(H,11,12)(H,13,14). The molecule has 1 amide bonds. The largest absolute Gasteiger partial charge is 0.480 e. The van der Waals surface area contributed by atoms with Crippen molar-refractivity contribution in [3.8, 4) is 0 Å². The molecular formula is C10H13NO5. The van der Waals surface area contributed by atoms with Crippen LogP contribution in [0.3, 0.4) is 0 Å². The molecule has 1 atom stereocenters. The number of rotatable bonds is 6. The lowest BCUT2D eigenvalue weighted by molar-refractivity contribution is -0.139. The predicted molar refractivity (Wildman–Crippen MR) is 54.1 cm³/mol. The maximum absolute atomic E-state index is 11.5. The highest BCUT2D eigenvalue weighted by atomic mass is 16.5. The van der Waals surface area contributed by atoms with E-state index in [9.17, 15) is 9.59 Å². The van der Waals surface area contributed by atoms with Gasteiger partial charge in [-0.1, -0.05) is 0 Å². The van der Waals surface area contributed by atoms with E-state index < -0.39 is 17.9 Å². The van der Waals surface area contributed by atoms with Gasteiger partial charge in [0.05, 0.1) is 6.26 Å². The van der Waals surface area contributed by atoms with Crippen LogP contribution in [0.4, 0.5) is 0 Å². The molecule has 0 aliphatic rings. The van der Waals surface area contributed by atoms with Crippen LogP contribution in [-0.4, -0.2) is 36.7 Å². The molecule has 6 nitrogen and oxygen atoms in total. The molecule has 0 saturated carbocycles. The second-order valence-corrected chi connectivity index (χ2v) is 3.12. The summed E-state index contributed by atoms with van der Waals surface area (Å²) in [6.45, 7) is 0.259. The zero-order valence-corrected chi connectivity index (χ0v) is 8.80. The number of furan rings is 1. The number of methoxy groups -OCH3 is 1. The monoisotopic (exact) mass is 227 g/mol. The third kappa shape index (κ3) is 3.39. The molecular weight excluding hydrogens is 214 g/mol. The van der Waals surface area contributed by atoms with E-state index in [2.05, 4.69) is 5.32 Å². The molecule has 0 saturated heterocycles. The summed E-state index contributed by atoms with van der Waals surface area (Å²) >= 11 is 0. The van der Waals surface area contributed by atoms with Crippen LogP contribution in [0.1, 0.15) is 17.0 Å². The molecule has 1 heterocycles. The Bertz CT molecular complexity index is 346. The summed E-state index contributed by atoms with van der Waals surface area (Å²) in [5, 5.41) is 11.2. The van der Waals surface area contributed by atoms with Gasteiger partial charge in [-0.05, 0) is 12.1 Å². The fourth-order valence-corrected chi connectivity index (χ4v) is 1.13. The summed E-state index contributed by atoms with van der Waals surface area (Å²) in [4.78, 5) is 22.3. The number of hydrogen-bond donors (Lipinski definition) is 2. The van der Waals surface area contributed by atoms with E-state index in [1.54, 1.807) is 6.07 Å². The van der Waals surface area contributed by atoms with E-state index in [1.165, 1.54) is 19.4 Å². The van der Waals surface area contributed by atoms with E-state index >= 15 is 0 Å². The Morgan fingerprint density at radius 3 is 2.88 bits per heavy atom. The van der Waals surface area contributed by atoms with Crippen LogP contribution in [0.2, 0.25) is 0 Å². The lowest BCUT2D eigenvalue weighted by Crippen LogP contribution is -2.41. The molecule has 88 valence electrons. The average Bonchev–Trinajstić information content (AvgIpc) is 2.76. The Morgan fingerprint density at radius 1 is 1.62 bits per heavy atom. The number of ether oxygens (including phenoxy) is 1. The summed E-state index contributed by atoms with van der Waals surface area (Å²) in [6.07, 6.45) is 1.55. The number of aliphatic carboxylic acids is 1. The van der Waals surface area contributed by atoms with Crippen molar-refractivity contribution in [1.29, 1.82) is 0 Å². The van der Waals surface area contributed by atoms with Crippen molar-refractivity contribution in [2.24, 2.45) is 0 Å². The average molecular weight is 227 g/mol. The van der Waals surface area contributed by atoms with E-state index in [0.29, 0.717) is 0 Å². The van der Waals surface area contributed by atoms with E-state index in [4.69, 9.17) is 14.3 Å². The maximum Gasteiger partial charge on any atom is 0.326 e. The van der Waals surface area contributed by atoms with Crippen LogP contribution < -0.4 is 5.32 Å². The number of amides is 1. The van der Waals surface area contributed by atoms with E-state index in [-0.39, 0.29) is 18.8 Å². The highest BCUT2D eigenvalue weighted by Gasteiger charge is 2.21. The quantitative estimate of drug-likeness (QED) is 0.738.